The molecule has 0 spiro atoms. The molecule has 120 valence electrons. The Kier molecular flexibility index (Phi) is 6.20. The van der Waals surface area contributed by atoms with Crippen LogP contribution in [0.25, 0.3) is 0 Å². The second-order valence-electron chi connectivity index (χ2n) is 6.28. The molecule has 1 rings (SSSR count). The Bertz CT molecular complexity index is 479. The average Bonchev–Trinajstić information content (AvgIpc) is 2.61. The second-order valence-corrected chi connectivity index (χ2v) is 6.28. The molecule has 0 unspecified atom stereocenters. The van der Waals surface area contributed by atoms with E-state index in [1.54, 1.807) is 4.68 Å². The van der Waals surface area contributed by atoms with E-state index in [1.807, 2.05) is 32.8 Å². The van der Waals surface area contributed by atoms with E-state index >= 15 is 0 Å². The van der Waals surface area contributed by atoms with Gasteiger partial charge in [0.1, 0.15) is 6.54 Å². The molecule has 0 bridgehead atoms. The Morgan fingerprint density at radius 2 is 1.90 bits per heavy atom. The molecular weight excluding hydrogens is 266 g/mol. The number of carbonyl (C=O) groups is 1. The Morgan fingerprint density at radius 1 is 1.29 bits per heavy atom. The van der Waals surface area contributed by atoms with Gasteiger partial charge in [0.2, 0.25) is 5.91 Å². The van der Waals surface area contributed by atoms with E-state index in [0.29, 0.717) is 11.6 Å². The van der Waals surface area contributed by atoms with Crippen molar-refractivity contribution < 1.29 is 4.79 Å². The number of nitrogens with zero attached hydrogens (tertiary/aromatic N) is 4. The predicted molar refractivity (Wildman–Crippen MR) is 86.1 cm³/mol. The third-order valence-electron chi connectivity index (χ3n) is 3.48. The summed E-state index contributed by atoms with van der Waals surface area (Å²) in [6, 6.07) is 0. The zero-order valence-corrected chi connectivity index (χ0v) is 14.2. The van der Waals surface area contributed by atoms with Crippen molar-refractivity contribution in [1.82, 2.24) is 19.6 Å². The molecule has 21 heavy (non-hydrogen) atoms. The summed E-state index contributed by atoms with van der Waals surface area (Å²) < 4.78 is 1.70. The fourth-order valence-corrected chi connectivity index (χ4v) is 2.17. The normalized spacial score (nSPS) is 11.4. The zero-order valence-electron chi connectivity index (χ0n) is 14.2. The number of amides is 1. The summed E-state index contributed by atoms with van der Waals surface area (Å²) in [6.45, 7) is 10.6. The maximum atomic E-state index is 12.5. The summed E-state index contributed by atoms with van der Waals surface area (Å²) in [5.41, 5.74) is 8.23. The molecular formula is C15H29N5O. The highest BCUT2D eigenvalue weighted by molar-refractivity contribution is 5.76. The molecule has 1 aromatic rings. The summed E-state index contributed by atoms with van der Waals surface area (Å²) in [5.74, 6) is 0.540. The van der Waals surface area contributed by atoms with Crippen molar-refractivity contribution in [3.05, 3.63) is 11.4 Å². The lowest BCUT2D eigenvalue weighted by molar-refractivity contribution is -0.132. The first kappa shape index (κ1) is 17.5. The number of nitrogen functional groups attached to an aromatic ring is 1. The van der Waals surface area contributed by atoms with Crippen molar-refractivity contribution in [2.45, 2.75) is 34.2 Å². The maximum Gasteiger partial charge on any atom is 0.244 e. The average molecular weight is 295 g/mol. The summed E-state index contributed by atoms with van der Waals surface area (Å²) in [5, 5.41) is 4.34. The van der Waals surface area contributed by atoms with Crippen molar-refractivity contribution in [2.24, 2.45) is 5.92 Å². The van der Waals surface area contributed by atoms with Gasteiger partial charge in [-0.15, -0.1) is 0 Å². The van der Waals surface area contributed by atoms with Crippen molar-refractivity contribution in [1.29, 1.82) is 0 Å². The summed E-state index contributed by atoms with van der Waals surface area (Å²) in [7, 11) is 4.03. The number of likely N-dealkylation sites (N-methyl/N-ethyl adjacent to an activating group) is 1. The molecule has 0 saturated carbocycles. The standard InChI is InChI=1S/C15H29N5O/c1-11(2)9-19(8-7-18(5)6)14(21)10-20-13(4)15(16)12(3)17-20/h11H,7-10,16H2,1-6H3. The first-order chi connectivity index (χ1) is 9.72. The molecule has 6 heteroatoms. The van der Waals surface area contributed by atoms with Crippen LogP contribution in [-0.2, 0) is 11.3 Å². The summed E-state index contributed by atoms with van der Waals surface area (Å²) in [4.78, 5) is 16.5. The number of aromatic nitrogens is 2. The summed E-state index contributed by atoms with van der Waals surface area (Å²) in [6.07, 6.45) is 0. The van der Waals surface area contributed by atoms with Crippen LogP contribution >= 0.6 is 0 Å². The molecule has 0 aliphatic heterocycles. The highest BCUT2D eigenvalue weighted by Crippen LogP contribution is 2.15. The fraction of sp³-hybridized carbons (Fsp3) is 0.733. The summed E-state index contributed by atoms with van der Waals surface area (Å²) >= 11 is 0. The molecule has 0 saturated heterocycles. The molecule has 0 aliphatic carbocycles. The largest absolute Gasteiger partial charge is 0.396 e. The van der Waals surface area contributed by atoms with Gasteiger partial charge in [-0.3, -0.25) is 9.48 Å². The highest BCUT2D eigenvalue weighted by Gasteiger charge is 2.18. The van der Waals surface area contributed by atoms with Gasteiger partial charge in [-0.05, 0) is 33.9 Å². The van der Waals surface area contributed by atoms with Crippen LogP contribution in [0.4, 0.5) is 5.69 Å². The number of rotatable bonds is 7. The van der Waals surface area contributed by atoms with E-state index in [0.717, 1.165) is 31.0 Å². The maximum absolute atomic E-state index is 12.5. The van der Waals surface area contributed by atoms with Gasteiger partial charge < -0.3 is 15.5 Å². The van der Waals surface area contributed by atoms with E-state index in [1.165, 1.54) is 0 Å². The highest BCUT2D eigenvalue weighted by atomic mass is 16.2. The number of carbonyl (C=O) groups excluding carboxylic acids is 1. The Balaban J connectivity index is 2.77. The topological polar surface area (TPSA) is 67.4 Å². The molecule has 0 atom stereocenters. The SMILES string of the molecule is Cc1nn(CC(=O)N(CCN(C)C)CC(C)C)c(C)c1N. The Hall–Kier alpha value is -1.56. The molecule has 0 aromatic carbocycles. The minimum Gasteiger partial charge on any atom is -0.396 e. The van der Waals surface area contributed by atoms with E-state index in [2.05, 4.69) is 23.8 Å². The van der Waals surface area contributed by atoms with Crippen molar-refractivity contribution >= 4 is 11.6 Å². The lowest BCUT2D eigenvalue weighted by Crippen LogP contribution is -2.40. The molecule has 1 amide bonds. The minimum absolute atomic E-state index is 0.0937. The van der Waals surface area contributed by atoms with Gasteiger partial charge >= 0.3 is 0 Å². The number of hydrogen-bond acceptors (Lipinski definition) is 4. The van der Waals surface area contributed by atoms with Gasteiger partial charge in [-0.25, -0.2) is 0 Å². The van der Waals surface area contributed by atoms with Gasteiger partial charge in [-0.1, -0.05) is 13.8 Å². The predicted octanol–water partition coefficient (Wildman–Crippen LogP) is 1.13. The van der Waals surface area contributed by atoms with Crippen LogP contribution < -0.4 is 5.73 Å². The third-order valence-corrected chi connectivity index (χ3v) is 3.48. The number of aryl methyl sites for hydroxylation is 1. The van der Waals surface area contributed by atoms with Gasteiger partial charge in [0.15, 0.2) is 0 Å². The molecule has 1 heterocycles. The molecule has 0 radical (unpaired) electrons. The fourth-order valence-electron chi connectivity index (χ4n) is 2.17. The van der Waals surface area contributed by atoms with Crippen LogP contribution in [0.1, 0.15) is 25.2 Å². The first-order valence-corrected chi connectivity index (χ1v) is 7.44. The van der Waals surface area contributed by atoms with E-state index in [9.17, 15) is 4.79 Å². The lowest BCUT2D eigenvalue weighted by atomic mass is 10.2. The van der Waals surface area contributed by atoms with Gasteiger partial charge in [0.05, 0.1) is 17.1 Å². The van der Waals surface area contributed by atoms with Crippen LogP contribution in [0, 0.1) is 19.8 Å². The van der Waals surface area contributed by atoms with Crippen molar-refractivity contribution in [3.8, 4) is 0 Å². The van der Waals surface area contributed by atoms with Crippen LogP contribution in [0.3, 0.4) is 0 Å². The smallest absolute Gasteiger partial charge is 0.244 e. The van der Waals surface area contributed by atoms with E-state index in [-0.39, 0.29) is 12.5 Å². The van der Waals surface area contributed by atoms with E-state index < -0.39 is 0 Å². The van der Waals surface area contributed by atoms with Crippen LogP contribution in [0.5, 0.6) is 0 Å². The van der Waals surface area contributed by atoms with E-state index in [4.69, 9.17) is 5.73 Å². The van der Waals surface area contributed by atoms with Crippen LogP contribution in [0.2, 0.25) is 0 Å². The third kappa shape index (κ3) is 5.04. The van der Waals surface area contributed by atoms with Crippen LogP contribution in [0.15, 0.2) is 0 Å². The minimum atomic E-state index is 0.0937. The zero-order chi connectivity index (χ0) is 16.2. The Labute approximate surface area is 127 Å². The monoisotopic (exact) mass is 295 g/mol. The van der Waals surface area contributed by atoms with Gasteiger partial charge in [0, 0.05) is 19.6 Å². The molecule has 0 fully saturated rings. The Morgan fingerprint density at radius 3 is 2.33 bits per heavy atom. The first-order valence-electron chi connectivity index (χ1n) is 7.44. The number of nitrogens with two attached hydrogens (primary N) is 1. The van der Waals surface area contributed by atoms with Crippen molar-refractivity contribution in [2.75, 3.05) is 39.5 Å². The second kappa shape index (κ2) is 7.45. The lowest BCUT2D eigenvalue weighted by Gasteiger charge is -2.26. The van der Waals surface area contributed by atoms with Crippen LogP contribution in [-0.4, -0.2) is 59.2 Å². The van der Waals surface area contributed by atoms with Crippen molar-refractivity contribution in [3.63, 3.8) is 0 Å². The molecule has 6 nitrogen and oxygen atoms in total. The number of hydrogen-bond donors (Lipinski definition) is 1. The molecule has 1 aromatic heterocycles. The molecule has 2 N–H and O–H groups in total. The molecule has 0 aliphatic rings. The number of anilines is 1. The van der Waals surface area contributed by atoms with Gasteiger partial charge in [0.25, 0.3) is 0 Å². The van der Waals surface area contributed by atoms with Gasteiger partial charge in [-0.2, -0.15) is 5.10 Å². The quantitative estimate of drug-likeness (QED) is 0.819.